The van der Waals surface area contributed by atoms with Gasteiger partial charge in [-0.15, -0.1) is 0 Å². The van der Waals surface area contributed by atoms with Crippen LogP contribution in [0, 0.1) is 0 Å². The average Bonchev–Trinajstić information content (AvgIpc) is 3.16. The van der Waals surface area contributed by atoms with Crippen molar-refractivity contribution >= 4 is 17.7 Å². The highest BCUT2D eigenvalue weighted by atomic mass is 16.3. The molecule has 2 N–H and O–H groups in total. The van der Waals surface area contributed by atoms with Crippen molar-refractivity contribution in [2.45, 2.75) is 25.3 Å². The number of likely N-dealkylation sites (N-methyl/N-ethyl adjacent to an activating group) is 1. The summed E-state index contributed by atoms with van der Waals surface area (Å²) in [5, 5.41) is 13.0. The van der Waals surface area contributed by atoms with Crippen LogP contribution in [0.25, 0.3) is 11.1 Å². The Morgan fingerprint density at radius 1 is 1.05 bits per heavy atom. The Labute approximate surface area is 214 Å². The van der Waals surface area contributed by atoms with E-state index in [-0.39, 0.29) is 35.7 Å². The molecule has 5 rings (SSSR count). The van der Waals surface area contributed by atoms with Gasteiger partial charge in [0.25, 0.3) is 17.7 Å². The molecule has 3 amide bonds. The lowest BCUT2D eigenvalue weighted by Gasteiger charge is -2.36. The van der Waals surface area contributed by atoms with Crippen molar-refractivity contribution in [3.63, 3.8) is 0 Å². The van der Waals surface area contributed by atoms with E-state index in [1.807, 2.05) is 29.2 Å². The molecule has 0 saturated heterocycles. The largest absolute Gasteiger partial charge is 0.507 e. The average molecular weight is 498 g/mol. The van der Waals surface area contributed by atoms with E-state index in [1.165, 1.54) is 13.1 Å². The molecule has 37 heavy (non-hydrogen) atoms. The van der Waals surface area contributed by atoms with E-state index in [0.29, 0.717) is 30.7 Å². The van der Waals surface area contributed by atoms with Crippen LogP contribution in [0.15, 0.2) is 78.4 Å². The summed E-state index contributed by atoms with van der Waals surface area (Å²) in [4.78, 5) is 50.4. The number of imide groups is 1. The molecular weight excluding hydrogens is 470 g/mol. The lowest BCUT2D eigenvalue weighted by atomic mass is 9.99. The normalized spacial score (nSPS) is 16.1. The van der Waals surface area contributed by atoms with Gasteiger partial charge in [-0.3, -0.25) is 29.3 Å². The van der Waals surface area contributed by atoms with E-state index in [2.05, 4.69) is 15.3 Å². The van der Waals surface area contributed by atoms with E-state index in [1.54, 1.807) is 36.8 Å². The zero-order valence-corrected chi connectivity index (χ0v) is 20.4. The third kappa shape index (κ3) is 4.80. The molecule has 0 fully saturated rings. The van der Waals surface area contributed by atoms with Crippen LogP contribution in [0.2, 0.25) is 0 Å². The molecule has 0 radical (unpaired) electrons. The van der Waals surface area contributed by atoms with Gasteiger partial charge in [0.1, 0.15) is 11.4 Å². The number of carbonyl (C=O) groups is 3. The molecule has 0 unspecified atom stereocenters. The zero-order valence-electron chi connectivity index (χ0n) is 20.4. The van der Waals surface area contributed by atoms with Crippen molar-refractivity contribution in [1.82, 2.24) is 25.1 Å². The maximum absolute atomic E-state index is 13.0. The summed E-state index contributed by atoms with van der Waals surface area (Å²) in [6.45, 7) is 0.776. The Hall–Kier alpha value is -4.53. The molecule has 1 atom stereocenters. The molecule has 0 saturated carbocycles. The van der Waals surface area contributed by atoms with Crippen LogP contribution in [0.4, 0.5) is 0 Å². The number of nitrogens with one attached hydrogen (secondary N) is 1. The summed E-state index contributed by atoms with van der Waals surface area (Å²) in [5.41, 5.74) is 3.78. The number of benzene rings is 1. The van der Waals surface area contributed by atoms with Crippen LogP contribution in [-0.4, -0.2) is 68.8 Å². The summed E-state index contributed by atoms with van der Waals surface area (Å²) in [7, 11) is 1.49. The van der Waals surface area contributed by atoms with Gasteiger partial charge < -0.3 is 15.3 Å². The van der Waals surface area contributed by atoms with Crippen LogP contribution in [0.1, 0.15) is 28.9 Å². The molecule has 188 valence electrons. The van der Waals surface area contributed by atoms with E-state index >= 15 is 0 Å². The lowest BCUT2D eigenvalue weighted by molar-refractivity contribution is -0.136. The van der Waals surface area contributed by atoms with Gasteiger partial charge in [-0.2, -0.15) is 0 Å². The molecule has 0 spiro atoms. The number of hydrogen-bond acceptors (Lipinski definition) is 7. The maximum Gasteiger partial charge on any atom is 0.277 e. The monoisotopic (exact) mass is 497 g/mol. The number of aromatic nitrogens is 2. The first-order chi connectivity index (χ1) is 17.9. The van der Waals surface area contributed by atoms with Gasteiger partial charge in [0, 0.05) is 67.5 Å². The third-order valence-corrected chi connectivity index (χ3v) is 6.82. The van der Waals surface area contributed by atoms with Crippen molar-refractivity contribution < 1.29 is 19.5 Å². The highest BCUT2D eigenvalue weighted by Crippen LogP contribution is 2.32. The molecule has 2 aliphatic rings. The van der Waals surface area contributed by atoms with E-state index in [9.17, 15) is 19.5 Å². The molecule has 2 aromatic heterocycles. The lowest BCUT2D eigenvalue weighted by Crippen LogP contribution is -2.48. The molecule has 3 aromatic rings. The van der Waals surface area contributed by atoms with Crippen molar-refractivity contribution in [3.8, 4) is 16.9 Å². The molecule has 2 aliphatic heterocycles. The highest BCUT2D eigenvalue weighted by Gasteiger charge is 2.42. The number of nitrogens with zero attached hydrogens (tertiary/aromatic N) is 4. The second-order valence-corrected chi connectivity index (χ2v) is 9.16. The molecule has 4 heterocycles. The smallest absolute Gasteiger partial charge is 0.277 e. The minimum absolute atomic E-state index is 0.106. The van der Waals surface area contributed by atoms with E-state index in [4.69, 9.17) is 0 Å². The minimum Gasteiger partial charge on any atom is -0.507 e. The number of hydrogen-bond donors (Lipinski definition) is 2. The van der Waals surface area contributed by atoms with Crippen LogP contribution < -0.4 is 5.32 Å². The van der Waals surface area contributed by atoms with Crippen LogP contribution in [0.3, 0.4) is 0 Å². The number of phenols is 1. The predicted molar refractivity (Wildman–Crippen MR) is 136 cm³/mol. The van der Waals surface area contributed by atoms with Crippen molar-refractivity contribution in [2.75, 3.05) is 20.1 Å². The number of rotatable bonds is 7. The Bertz CT molecular complexity index is 1370. The Morgan fingerprint density at radius 3 is 2.59 bits per heavy atom. The van der Waals surface area contributed by atoms with Gasteiger partial charge in [-0.05, 0) is 37.1 Å². The van der Waals surface area contributed by atoms with Gasteiger partial charge in [0.15, 0.2) is 0 Å². The second-order valence-electron chi connectivity index (χ2n) is 9.16. The quantitative estimate of drug-likeness (QED) is 0.482. The number of para-hydroxylation sites is 1. The third-order valence-electron chi connectivity index (χ3n) is 6.82. The van der Waals surface area contributed by atoms with Gasteiger partial charge in [-0.1, -0.05) is 24.3 Å². The van der Waals surface area contributed by atoms with E-state index < -0.39 is 5.91 Å². The zero-order chi connectivity index (χ0) is 25.9. The van der Waals surface area contributed by atoms with Crippen LogP contribution in [0.5, 0.6) is 5.75 Å². The Morgan fingerprint density at radius 2 is 1.86 bits per heavy atom. The molecule has 0 bridgehead atoms. The Balaban J connectivity index is 1.41. The predicted octanol–water partition coefficient (Wildman–Crippen LogP) is 2.54. The minimum atomic E-state index is -0.417. The van der Waals surface area contributed by atoms with Crippen molar-refractivity contribution in [2.24, 2.45) is 0 Å². The molecule has 9 nitrogen and oxygen atoms in total. The van der Waals surface area contributed by atoms with Crippen LogP contribution in [-0.2, 0) is 16.0 Å². The number of carbonyl (C=O) groups excluding carboxylic acids is 3. The number of aromatic hydroxyl groups is 1. The fourth-order valence-electron chi connectivity index (χ4n) is 4.86. The van der Waals surface area contributed by atoms with Gasteiger partial charge in [0.2, 0.25) is 0 Å². The van der Waals surface area contributed by atoms with E-state index in [0.717, 1.165) is 28.1 Å². The topological polar surface area (TPSA) is 116 Å². The summed E-state index contributed by atoms with van der Waals surface area (Å²) in [6.07, 6.45) is 6.99. The van der Waals surface area contributed by atoms with Crippen LogP contribution >= 0.6 is 0 Å². The maximum atomic E-state index is 13.0. The first kappa shape index (κ1) is 24.2. The van der Waals surface area contributed by atoms with Gasteiger partial charge in [0.05, 0.1) is 11.6 Å². The first-order valence-corrected chi connectivity index (χ1v) is 12.2. The van der Waals surface area contributed by atoms with Gasteiger partial charge in [-0.25, -0.2) is 0 Å². The second kappa shape index (κ2) is 10.2. The number of pyridine rings is 2. The Kier molecular flexibility index (Phi) is 6.68. The first-order valence-electron chi connectivity index (χ1n) is 12.2. The summed E-state index contributed by atoms with van der Waals surface area (Å²) in [6, 6.07) is 13.7. The summed E-state index contributed by atoms with van der Waals surface area (Å²) >= 11 is 0. The molecular formula is C28H27N5O4. The fraction of sp³-hybridized carbons (Fsp3) is 0.250. The number of amides is 3. The highest BCUT2D eigenvalue weighted by molar-refractivity contribution is 6.19. The standard InChI is InChI=1S/C28H27N5O4/c1-32-27(36)23-8-5-13-33(25(23)28(32)37)21(17-31-26(35)22-7-2-3-9-24(22)34)14-20-11-10-19(16-30-20)18-6-4-12-29-15-18/h2-4,6-7,9-12,15-16,21,34H,5,8,13-14,17H2,1H3,(H,31,35)/t21-/m0/s1. The molecule has 0 aliphatic carbocycles. The van der Waals surface area contributed by atoms with Crippen molar-refractivity contribution in [3.05, 3.63) is 89.6 Å². The fourth-order valence-corrected chi connectivity index (χ4v) is 4.86. The molecule has 9 heteroatoms. The SMILES string of the molecule is CN1C(=O)C2=C(C1=O)N([C@H](CNC(=O)c1ccccc1O)Cc1ccc(-c3cccnc3)cn1)CCC2. The van der Waals surface area contributed by atoms with Crippen molar-refractivity contribution in [1.29, 1.82) is 0 Å². The molecule has 1 aromatic carbocycles. The van der Waals surface area contributed by atoms with Gasteiger partial charge >= 0.3 is 0 Å². The summed E-state index contributed by atoms with van der Waals surface area (Å²) < 4.78 is 0. The summed E-state index contributed by atoms with van der Waals surface area (Å²) in [5.74, 6) is -1.11. The number of phenolic OH excluding ortho intramolecular Hbond substituents is 1.